The number of amides is 1. The molecule has 1 heterocycles. The molecule has 1 aromatic heterocycles. The maximum absolute atomic E-state index is 11.4. The number of hydrogen-bond donors (Lipinski definition) is 0. The summed E-state index contributed by atoms with van der Waals surface area (Å²) in [5.41, 5.74) is 1.28. The minimum atomic E-state index is 0.00892. The molecule has 0 aliphatic heterocycles. The van der Waals surface area contributed by atoms with Gasteiger partial charge in [-0.2, -0.15) is 0 Å². The Morgan fingerprint density at radius 1 is 1.62 bits per heavy atom. The number of rotatable bonds is 3. The molecule has 1 fully saturated rings. The van der Waals surface area contributed by atoms with Gasteiger partial charge in [0.05, 0.1) is 0 Å². The summed E-state index contributed by atoms with van der Waals surface area (Å²) in [5.74, 6) is 0.563. The highest BCUT2D eigenvalue weighted by Gasteiger charge is 2.34. The fourth-order valence-electron chi connectivity index (χ4n) is 2.12. The van der Waals surface area contributed by atoms with E-state index in [9.17, 15) is 4.79 Å². The molecule has 3 nitrogen and oxygen atoms in total. The van der Waals surface area contributed by atoms with Gasteiger partial charge in [-0.15, -0.1) is 0 Å². The van der Waals surface area contributed by atoms with Gasteiger partial charge >= 0.3 is 0 Å². The first-order valence-electron chi connectivity index (χ1n) is 5.51. The van der Waals surface area contributed by atoms with Crippen LogP contribution in [-0.4, -0.2) is 28.9 Å². The highest BCUT2D eigenvalue weighted by atomic mass is 16.2. The molecule has 0 radical (unpaired) electrons. The quantitative estimate of drug-likeness (QED) is 0.724. The number of carbonyl (C=O) groups is 1. The van der Waals surface area contributed by atoms with Gasteiger partial charge < -0.3 is 4.90 Å². The van der Waals surface area contributed by atoms with Crippen molar-refractivity contribution >= 4 is 5.91 Å². The normalized spacial score (nSPS) is 23.3. The number of aromatic nitrogens is 1. The van der Waals surface area contributed by atoms with E-state index in [0.717, 1.165) is 12.8 Å². The van der Waals surface area contributed by atoms with Crippen LogP contribution in [0.1, 0.15) is 24.3 Å². The lowest BCUT2D eigenvalue weighted by Gasteiger charge is -2.41. The average Bonchev–Trinajstić information content (AvgIpc) is 2.27. The molecule has 84 valence electrons. The third-order valence-electron chi connectivity index (χ3n) is 3.34. The van der Waals surface area contributed by atoms with Crippen LogP contribution < -0.4 is 0 Å². The molecule has 0 unspecified atom stereocenters. The van der Waals surface area contributed by atoms with Crippen molar-refractivity contribution in [1.82, 2.24) is 9.88 Å². The zero-order valence-corrected chi connectivity index (χ0v) is 9.47. The lowest BCUT2D eigenvalue weighted by Crippen LogP contribution is -2.44. The van der Waals surface area contributed by atoms with Crippen LogP contribution in [0.4, 0.5) is 0 Å². The van der Waals surface area contributed by atoms with Gasteiger partial charge in [0, 0.05) is 25.5 Å². The monoisotopic (exact) mass is 216 g/mol. The standard InChI is InChI=1S/C13H16N2O/c1-3-13(16)15(2)12-7-11(8-12)10-5-4-6-14-9-10/h3-6,9,11-12H,1,7-8H2,2H3. The SMILES string of the molecule is C=CC(=O)N(C)C1CC(c2cccnc2)C1. The highest BCUT2D eigenvalue weighted by Crippen LogP contribution is 2.38. The van der Waals surface area contributed by atoms with Gasteiger partial charge in [-0.3, -0.25) is 9.78 Å². The van der Waals surface area contributed by atoms with Crippen LogP contribution in [0.5, 0.6) is 0 Å². The van der Waals surface area contributed by atoms with Gasteiger partial charge in [0.2, 0.25) is 5.91 Å². The van der Waals surface area contributed by atoms with E-state index in [1.165, 1.54) is 11.6 Å². The van der Waals surface area contributed by atoms with Gasteiger partial charge in [-0.05, 0) is 36.5 Å². The molecular formula is C13H16N2O. The molecule has 0 atom stereocenters. The van der Waals surface area contributed by atoms with E-state index in [1.54, 1.807) is 11.1 Å². The highest BCUT2D eigenvalue weighted by molar-refractivity contribution is 5.87. The second-order valence-corrected chi connectivity index (χ2v) is 4.26. The van der Waals surface area contributed by atoms with Crippen LogP contribution >= 0.6 is 0 Å². The minimum Gasteiger partial charge on any atom is -0.339 e. The maximum Gasteiger partial charge on any atom is 0.245 e. The second kappa shape index (κ2) is 4.47. The first kappa shape index (κ1) is 10.9. The summed E-state index contributed by atoms with van der Waals surface area (Å²) >= 11 is 0. The van der Waals surface area contributed by atoms with Crippen LogP contribution in [0.15, 0.2) is 37.2 Å². The van der Waals surface area contributed by atoms with Gasteiger partial charge in [-0.25, -0.2) is 0 Å². The molecule has 3 heteroatoms. The molecule has 0 bridgehead atoms. The van der Waals surface area contributed by atoms with Crippen molar-refractivity contribution in [2.45, 2.75) is 24.8 Å². The summed E-state index contributed by atoms with van der Waals surface area (Å²) in [4.78, 5) is 17.3. The fourth-order valence-corrected chi connectivity index (χ4v) is 2.12. The van der Waals surface area contributed by atoms with Crippen LogP contribution in [0, 0.1) is 0 Å². The number of hydrogen-bond acceptors (Lipinski definition) is 2. The van der Waals surface area contributed by atoms with Crippen LogP contribution in [0.2, 0.25) is 0 Å². The molecule has 1 aliphatic rings. The first-order valence-corrected chi connectivity index (χ1v) is 5.51. The Hall–Kier alpha value is -1.64. The van der Waals surface area contributed by atoms with E-state index in [4.69, 9.17) is 0 Å². The molecule has 2 rings (SSSR count). The van der Waals surface area contributed by atoms with E-state index >= 15 is 0 Å². The molecule has 1 saturated carbocycles. The predicted octanol–water partition coefficient (Wildman–Crippen LogP) is 1.97. The van der Waals surface area contributed by atoms with E-state index in [2.05, 4.69) is 17.6 Å². The molecule has 1 amide bonds. The summed E-state index contributed by atoms with van der Waals surface area (Å²) in [5, 5.41) is 0. The van der Waals surface area contributed by atoms with Crippen molar-refractivity contribution in [1.29, 1.82) is 0 Å². The van der Waals surface area contributed by atoms with Crippen molar-refractivity contribution in [3.05, 3.63) is 42.7 Å². The molecule has 0 aromatic carbocycles. The van der Waals surface area contributed by atoms with E-state index in [1.807, 2.05) is 19.3 Å². The van der Waals surface area contributed by atoms with Crippen molar-refractivity contribution in [3.8, 4) is 0 Å². The summed E-state index contributed by atoms with van der Waals surface area (Å²) in [7, 11) is 1.84. The molecular weight excluding hydrogens is 200 g/mol. The van der Waals surface area contributed by atoms with Crippen molar-refractivity contribution in [2.75, 3.05) is 7.05 Å². The van der Waals surface area contributed by atoms with Gasteiger partial charge in [0.25, 0.3) is 0 Å². The molecule has 0 saturated heterocycles. The second-order valence-electron chi connectivity index (χ2n) is 4.26. The lowest BCUT2D eigenvalue weighted by molar-refractivity contribution is -0.128. The Labute approximate surface area is 95.8 Å². The fraction of sp³-hybridized carbons (Fsp3) is 0.385. The Kier molecular flexibility index (Phi) is 3.04. The number of likely N-dealkylation sites (N-methyl/N-ethyl adjacent to an activating group) is 1. The summed E-state index contributed by atoms with van der Waals surface area (Å²) in [6, 6.07) is 4.42. The smallest absolute Gasteiger partial charge is 0.245 e. The van der Waals surface area contributed by atoms with Crippen LogP contribution in [-0.2, 0) is 4.79 Å². The van der Waals surface area contributed by atoms with Crippen molar-refractivity contribution in [3.63, 3.8) is 0 Å². The number of pyridine rings is 1. The van der Waals surface area contributed by atoms with Gasteiger partial charge in [0.1, 0.15) is 0 Å². The van der Waals surface area contributed by atoms with Crippen LogP contribution in [0.3, 0.4) is 0 Å². The molecule has 0 spiro atoms. The van der Waals surface area contributed by atoms with Crippen molar-refractivity contribution in [2.24, 2.45) is 0 Å². The summed E-state index contributed by atoms with van der Waals surface area (Å²) < 4.78 is 0. The maximum atomic E-state index is 11.4. The zero-order valence-electron chi connectivity index (χ0n) is 9.47. The summed E-state index contributed by atoms with van der Waals surface area (Å²) in [6.45, 7) is 3.50. The molecule has 1 aromatic rings. The lowest BCUT2D eigenvalue weighted by atomic mass is 9.75. The van der Waals surface area contributed by atoms with E-state index < -0.39 is 0 Å². The van der Waals surface area contributed by atoms with Gasteiger partial charge in [0.15, 0.2) is 0 Å². The van der Waals surface area contributed by atoms with Crippen LogP contribution in [0.25, 0.3) is 0 Å². The third-order valence-corrected chi connectivity index (χ3v) is 3.34. The molecule has 0 N–H and O–H groups in total. The molecule has 16 heavy (non-hydrogen) atoms. The molecule has 1 aliphatic carbocycles. The Bertz CT molecular complexity index is 382. The largest absolute Gasteiger partial charge is 0.339 e. The van der Waals surface area contributed by atoms with E-state index in [-0.39, 0.29) is 5.91 Å². The predicted molar refractivity (Wildman–Crippen MR) is 63.0 cm³/mol. The number of nitrogens with zero attached hydrogens (tertiary/aromatic N) is 2. The van der Waals surface area contributed by atoms with Crippen molar-refractivity contribution < 1.29 is 4.79 Å². The first-order chi connectivity index (χ1) is 7.72. The Morgan fingerprint density at radius 3 is 2.94 bits per heavy atom. The summed E-state index contributed by atoms with van der Waals surface area (Å²) in [6.07, 6.45) is 7.13. The Morgan fingerprint density at radius 2 is 2.38 bits per heavy atom. The zero-order chi connectivity index (χ0) is 11.5. The average molecular weight is 216 g/mol. The number of carbonyl (C=O) groups excluding carboxylic acids is 1. The topological polar surface area (TPSA) is 33.2 Å². The Balaban J connectivity index is 1.91. The van der Waals surface area contributed by atoms with E-state index in [0.29, 0.717) is 12.0 Å². The van der Waals surface area contributed by atoms with Gasteiger partial charge in [-0.1, -0.05) is 12.6 Å². The minimum absolute atomic E-state index is 0.00892. The third kappa shape index (κ3) is 1.98.